The third-order valence-electron chi connectivity index (χ3n) is 3.34. The molecule has 20 heavy (non-hydrogen) atoms. The molecule has 0 N–H and O–H groups in total. The molecule has 104 valence electrons. The van der Waals surface area contributed by atoms with Crippen LogP contribution in [-0.4, -0.2) is 12.9 Å². The number of carbonyl (C=O) groups is 1. The summed E-state index contributed by atoms with van der Waals surface area (Å²) in [5.41, 5.74) is 3.87. The largest absolute Gasteiger partial charge is 0.496 e. The van der Waals surface area contributed by atoms with Crippen LogP contribution >= 0.6 is 15.9 Å². The monoisotopic (exact) mass is 332 g/mol. The summed E-state index contributed by atoms with van der Waals surface area (Å²) in [4.78, 5) is 12.5. The van der Waals surface area contributed by atoms with Crippen LogP contribution in [0, 0.1) is 13.8 Å². The number of ketones is 1. The van der Waals surface area contributed by atoms with E-state index in [4.69, 9.17) is 4.74 Å². The maximum absolute atomic E-state index is 12.5. The average molecular weight is 333 g/mol. The summed E-state index contributed by atoms with van der Waals surface area (Å²) in [5.74, 6) is 0.922. The number of Topliss-reactive ketones (excluding diaryl/α,β-unsaturated/α-hetero) is 1. The van der Waals surface area contributed by atoms with Crippen molar-refractivity contribution in [2.45, 2.75) is 20.3 Å². The molecule has 2 aromatic rings. The molecule has 0 heterocycles. The minimum atomic E-state index is 0.151. The van der Waals surface area contributed by atoms with Crippen LogP contribution in [0.5, 0.6) is 5.75 Å². The number of rotatable bonds is 4. The van der Waals surface area contributed by atoms with Gasteiger partial charge in [0.1, 0.15) is 5.75 Å². The van der Waals surface area contributed by atoms with Crippen molar-refractivity contribution in [2.75, 3.05) is 7.11 Å². The fraction of sp³-hybridized carbons (Fsp3) is 0.235. The molecule has 0 spiro atoms. The van der Waals surface area contributed by atoms with Gasteiger partial charge in [0.05, 0.1) is 11.6 Å². The van der Waals surface area contributed by atoms with Crippen LogP contribution in [0.2, 0.25) is 0 Å². The van der Waals surface area contributed by atoms with E-state index in [9.17, 15) is 4.79 Å². The van der Waals surface area contributed by atoms with E-state index in [0.717, 1.165) is 32.5 Å². The Labute approximate surface area is 127 Å². The average Bonchev–Trinajstić information content (AvgIpc) is 2.38. The normalized spacial score (nSPS) is 10.4. The van der Waals surface area contributed by atoms with Crippen LogP contribution < -0.4 is 4.74 Å². The van der Waals surface area contributed by atoms with Crippen LogP contribution in [-0.2, 0) is 6.42 Å². The number of ether oxygens (including phenoxy) is 1. The van der Waals surface area contributed by atoms with Gasteiger partial charge in [-0.2, -0.15) is 0 Å². The van der Waals surface area contributed by atoms with Gasteiger partial charge in [0.15, 0.2) is 5.78 Å². The van der Waals surface area contributed by atoms with E-state index in [1.165, 1.54) is 0 Å². The number of aryl methyl sites for hydroxylation is 2. The Balaban J connectivity index is 2.26. The van der Waals surface area contributed by atoms with Crippen molar-refractivity contribution in [3.63, 3.8) is 0 Å². The van der Waals surface area contributed by atoms with E-state index in [1.54, 1.807) is 7.11 Å². The molecule has 3 heteroatoms. The van der Waals surface area contributed by atoms with E-state index >= 15 is 0 Å². The summed E-state index contributed by atoms with van der Waals surface area (Å²) in [5, 5.41) is 0. The lowest BCUT2D eigenvalue weighted by Crippen LogP contribution is -2.08. The highest BCUT2D eigenvalue weighted by molar-refractivity contribution is 9.10. The highest BCUT2D eigenvalue weighted by atomic mass is 79.9. The smallest absolute Gasteiger partial charge is 0.167 e. The summed E-state index contributed by atoms with van der Waals surface area (Å²) >= 11 is 3.45. The Morgan fingerprint density at radius 2 is 1.80 bits per heavy atom. The van der Waals surface area contributed by atoms with Gasteiger partial charge in [-0.3, -0.25) is 4.79 Å². The summed E-state index contributed by atoms with van der Waals surface area (Å²) in [6.07, 6.45) is 0.397. The predicted molar refractivity (Wildman–Crippen MR) is 84.6 cm³/mol. The van der Waals surface area contributed by atoms with E-state index in [1.807, 2.05) is 50.2 Å². The minimum Gasteiger partial charge on any atom is -0.496 e. The van der Waals surface area contributed by atoms with E-state index < -0.39 is 0 Å². The van der Waals surface area contributed by atoms with Crippen LogP contribution in [0.4, 0.5) is 0 Å². The molecule has 2 nitrogen and oxygen atoms in total. The number of hydrogen-bond acceptors (Lipinski definition) is 2. The number of hydrogen-bond donors (Lipinski definition) is 0. The molecule has 2 aromatic carbocycles. The molecule has 0 fully saturated rings. The van der Waals surface area contributed by atoms with Gasteiger partial charge in [0.2, 0.25) is 0 Å². The van der Waals surface area contributed by atoms with Gasteiger partial charge < -0.3 is 4.74 Å². The quantitative estimate of drug-likeness (QED) is 0.770. The molecule has 0 aromatic heterocycles. The lowest BCUT2D eigenvalue weighted by Gasteiger charge is -2.10. The molecule has 0 aliphatic carbocycles. The Morgan fingerprint density at radius 1 is 1.15 bits per heavy atom. The number of benzene rings is 2. The Bertz CT molecular complexity index is 627. The van der Waals surface area contributed by atoms with Crippen molar-refractivity contribution >= 4 is 21.7 Å². The first kappa shape index (κ1) is 14.8. The molecule has 0 unspecified atom stereocenters. The second-order valence-electron chi connectivity index (χ2n) is 4.84. The van der Waals surface area contributed by atoms with Gasteiger partial charge in [-0.25, -0.2) is 0 Å². The molecule has 0 bridgehead atoms. The second kappa shape index (κ2) is 6.23. The van der Waals surface area contributed by atoms with E-state index in [-0.39, 0.29) is 5.78 Å². The van der Waals surface area contributed by atoms with Crippen molar-refractivity contribution in [3.05, 3.63) is 63.1 Å². The molecule has 0 saturated heterocycles. The van der Waals surface area contributed by atoms with Gasteiger partial charge in [-0.1, -0.05) is 24.3 Å². The molecule has 0 saturated carbocycles. The van der Waals surface area contributed by atoms with Crippen molar-refractivity contribution in [3.8, 4) is 5.75 Å². The Morgan fingerprint density at radius 3 is 2.35 bits per heavy atom. The molecule has 0 aliphatic heterocycles. The predicted octanol–water partition coefficient (Wildman–Crippen LogP) is 4.50. The highest BCUT2D eigenvalue weighted by Crippen LogP contribution is 2.26. The topological polar surface area (TPSA) is 26.3 Å². The second-order valence-corrected chi connectivity index (χ2v) is 5.69. The highest BCUT2D eigenvalue weighted by Gasteiger charge is 2.13. The number of halogens is 1. The van der Waals surface area contributed by atoms with Crippen LogP contribution in [0.15, 0.2) is 40.9 Å². The van der Waals surface area contributed by atoms with Gasteiger partial charge >= 0.3 is 0 Å². The van der Waals surface area contributed by atoms with Crippen LogP contribution in [0.25, 0.3) is 0 Å². The lowest BCUT2D eigenvalue weighted by atomic mass is 9.95. The number of methoxy groups -OCH3 is 1. The maximum Gasteiger partial charge on any atom is 0.167 e. The molecule has 0 aliphatic rings. The minimum absolute atomic E-state index is 0.151. The summed E-state index contributed by atoms with van der Waals surface area (Å²) in [6.45, 7) is 3.95. The van der Waals surface area contributed by atoms with Crippen molar-refractivity contribution in [1.82, 2.24) is 0 Å². The fourth-order valence-corrected chi connectivity index (χ4v) is 2.94. The first-order valence-corrected chi connectivity index (χ1v) is 7.24. The van der Waals surface area contributed by atoms with E-state index in [0.29, 0.717) is 6.42 Å². The SMILES string of the molecule is COc1ccc(CC(=O)c2c(C)cccc2C)cc1Br. The molecular formula is C17H17BrO2. The first-order valence-electron chi connectivity index (χ1n) is 6.44. The lowest BCUT2D eigenvalue weighted by molar-refractivity contribution is 0.0992. The zero-order valence-electron chi connectivity index (χ0n) is 11.9. The molecule has 0 amide bonds. The third-order valence-corrected chi connectivity index (χ3v) is 3.96. The van der Waals surface area contributed by atoms with Crippen molar-refractivity contribution in [2.24, 2.45) is 0 Å². The summed E-state index contributed by atoms with van der Waals surface area (Å²) in [6, 6.07) is 11.7. The van der Waals surface area contributed by atoms with Gasteiger partial charge in [-0.15, -0.1) is 0 Å². The third kappa shape index (κ3) is 3.10. The fourth-order valence-electron chi connectivity index (χ4n) is 2.35. The Kier molecular flexibility index (Phi) is 4.61. The zero-order valence-corrected chi connectivity index (χ0v) is 13.5. The standard InChI is InChI=1S/C17H17BrO2/c1-11-5-4-6-12(2)17(11)15(19)10-13-7-8-16(20-3)14(18)9-13/h4-9H,10H2,1-3H3. The first-order chi connectivity index (χ1) is 9.52. The Hall–Kier alpha value is -1.61. The molecule has 2 rings (SSSR count). The number of carbonyl (C=O) groups excluding carboxylic acids is 1. The van der Waals surface area contributed by atoms with Crippen molar-refractivity contribution < 1.29 is 9.53 Å². The molecular weight excluding hydrogens is 316 g/mol. The van der Waals surface area contributed by atoms with Crippen LogP contribution in [0.3, 0.4) is 0 Å². The van der Waals surface area contributed by atoms with Gasteiger partial charge in [0, 0.05) is 12.0 Å². The summed E-state index contributed by atoms with van der Waals surface area (Å²) in [7, 11) is 1.63. The van der Waals surface area contributed by atoms with Crippen molar-refractivity contribution in [1.29, 1.82) is 0 Å². The van der Waals surface area contributed by atoms with Gasteiger partial charge in [-0.05, 0) is 58.6 Å². The molecule has 0 atom stereocenters. The maximum atomic E-state index is 12.5. The molecule has 0 radical (unpaired) electrons. The van der Waals surface area contributed by atoms with Crippen LogP contribution in [0.1, 0.15) is 27.0 Å². The zero-order chi connectivity index (χ0) is 14.7. The van der Waals surface area contributed by atoms with E-state index in [2.05, 4.69) is 15.9 Å². The van der Waals surface area contributed by atoms with Gasteiger partial charge in [0.25, 0.3) is 0 Å². The summed E-state index contributed by atoms with van der Waals surface area (Å²) < 4.78 is 6.06.